The Kier molecular flexibility index (Phi) is 2.76. The highest BCUT2D eigenvalue weighted by atomic mass is 35.5. The van der Waals surface area contributed by atoms with Crippen LogP contribution in [0, 0.1) is 0 Å². The number of carbonyl (C=O) groups excluding carboxylic acids is 1. The van der Waals surface area contributed by atoms with Gasteiger partial charge in [-0.25, -0.2) is 0 Å². The number of H-pyrrole nitrogens is 1. The maximum Gasteiger partial charge on any atom is 0.205 e. The van der Waals surface area contributed by atoms with Crippen LogP contribution in [0.1, 0.15) is 15.9 Å². The van der Waals surface area contributed by atoms with Crippen LogP contribution in [0.25, 0.3) is 10.9 Å². The summed E-state index contributed by atoms with van der Waals surface area (Å²) < 4.78 is 5.78. The van der Waals surface area contributed by atoms with E-state index < -0.39 is 6.10 Å². The van der Waals surface area contributed by atoms with E-state index in [1.807, 2.05) is 36.4 Å². The van der Waals surface area contributed by atoms with Gasteiger partial charge < -0.3 is 9.72 Å². The average Bonchev–Trinajstić information content (AvgIpc) is 3.09. The molecule has 4 heteroatoms. The summed E-state index contributed by atoms with van der Waals surface area (Å²) in [7, 11) is 0. The lowest BCUT2D eigenvalue weighted by Crippen LogP contribution is -2.25. The Bertz CT molecular complexity index is 828. The van der Waals surface area contributed by atoms with E-state index in [2.05, 4.69) is 4.98 Å². The van der Waals surface area contributed by atoms with Crippen LogP contribution in [-0.2, 0) is 6.42 Å². The molecule has 1 aliphatic rings. The van der Waals surface area contributed by atoms with E-state index in [0.717, 1.165) is 22.2 Å². The van der Waals surface area contributed by atoms with Gasteiger partial charge in [-0.1, -0.05) is 29.8 Å². The summed E-state index contributed by atoms with van der Waals surface area (Å²) in [6.07, 6.45) is 1.89. The topological polar surface area (TPSA) is 42.1 Å². The smallest absolute Gasteiger partial charge is 0.205 e. The van der Waals surface area contributed by atoms with Gasteiger partial charge in [0, 0.05) is 34.1 Å². The van der Waals surface area contributed by atoms with E-state index in [1.54, 1.807) is 12.3 Å². The molecule has 0 fully saturated rings. The van der Waals surface area contributed by atoms with Gasteiger partial charge in [0.1, 0.15) is 5.75 Å². The summed E-state index contributed by atoms with van der Waals surface area (Å²) in [5.74, 6) is 0.786. The Morgan fingerprint density at radius 3 is 2.95 bits per heavy atom. The van der Waals surface area contributed by atoms with Crippen molar-refractivity contribution in [2.75, 3.05) is 0 Å². The number of aromatic nitrogens is 1. The highest BCUT2D eigenvalue weighted by Crippen LogP contribution is 2.31. The summed E-state index contributed by atoms with van der Waals surface area (Å²) in [5.41, 5.74) is 2.61. The number of aromatic amines is 1. The van der Waals surface area contributed by atoms with Gasteiger partial charge in [-0.3, -0.25) is 4.79 Å². The summed E-state index contributed by atoms with van der Waals surface area (Å²) in [6, 6.07) is 13.2. The van der Waals surface area contributed by atoms with Crippen LogP contribution in [0.4, 0.5) is 0 Å². The molecule has 0 amide bonds. The molecule has 0 bridgehead atoms. The monoisotopic (exact) mass is 297 g/mol. The second-order valence-electron chi connectivity index (χ2n) is 5.17. The first-order chi connectivity index (χ1) is 10.2. The van der Waals surface area contributed by atoms with Crippen LogP contribution in [0.5, 0.6) is 5.75 Å². The first-order valence-electron chi connectivity index (χ1n) is 6.78. The van der Waals surface area contributed by atoms with Gasteiger partial charge in [-0.15, -0.1) is 0 Å². The number of para-hydroxylation sites is 1. The summed E-state index contributed by atoms with van der Waals surface area (Å²) in [5, 5.41) is 1.46. The van der Waals surface area contributed by atoms with Crippen LogP contribution in [-0.4, -0.2) is 16.9 Å². The first kappa shape index (κ1) is 12.5. The number of nitrogens with one attached hydrogen (secondary N) is 1. The molecule has 0 saturated heterocycles. The number of ether oxygens (including phenoxy) is 1. The largest absolute Gasteiger partial charge is 0.482 e. The quantitative estimate of drug-likeness (QED) is 0.726. The molecule has 1 N–H and O–H groups in total. The molecule has 1 aliphatic heterocycles. The normalized spacial score (nSPS) is 16.7. The van der Waals surface area contributed by atoms with Crippen molar-refractivity contribution in [3.05, 3.63) is 64.8 Å². The number of carbonyl (C=O) groups is 1. The highest BCUT2D eigenvalue weighted by molar-refractivity contribution is 6.31. The molecule has 4 rings (SSSR count). The maximum absolute atomic E-state index is 12.7. The zero-order chi connectivity index (χ0) is 14.4. The van der Waals surface area contributed by atoms with E-state index in [1.165, 1.54) is 0 Å². The van der Waals surface area contributed by atoms with Gasteiger partial charge in [-0.2, -0.15) is 0 Å². The van der Waals surface area contributed by atoms with Crippen molar-refractivity contribution in [2.45, 2.75) is 12.5 Å². The van der Waals surface area contributed by atoms with E-state index in [0.29, 0.717) is 17.0 Å². The van der Waals surface area contributed by atoms with Gasteiger partial charge in [-0.05, 0) is 29.8 Å². The van der Waals surface area contributed by atoms with Crippen molar-refractivity contribution in [3.63, 3.8) is 0 Å². The second kappa shape index (κ2) is 4.64. The van der Waals surface area contributed by atoms with Gasteiger partial charge in [0.2, 0.25) is 5.78 Å². The van der Waals surface area contributed by atoms with Crippen molar-refractivity contribution in [1.29, 1.82) is 0 Å². The van der Waals surface area contributed by atoms with E-state index in [-0.39, 0.29) is 5.78 Å². The van der Waals surface area contributed by atoms with Crippen molar-refractivity contribution in [1.82, 2.24) is 4.98 Å². The molecule has 0 saturated carbocycles. The van der Waals surface area contributed by atoms with E-state index >= 15 is 0 Å². The molecular formula is C17H12ClNO2. The molecule has 2 aromatic carbocycles. The summed E-state index contributed by atoms with van der Waals surface area (Å²) >= 11 is 6.03. The number of fused-ring (bicyclic) bond motifs is 2. The lowest BCUT2D eigenvalue weighted by Gasteiger charge is -2.08. The van der Waals surface area contributed by atoms with Crippen LogP contribution in [0.15, 0.2) is 48.7 Å². The third kappa shape index (κ3) is 2.01. The third-order valence-electron chi connectivity index (χ3n) is 3.85. The molecule has 1 aromatic heterocycles. The Morgan fingerprint density at radius 2 is 2.10 bits per heavy atom. The molecule has 3 nitrogen and oxygen atoms in total. The van der Waals surface area contributed by atoms with Gasteiger partial charge in [0.15, 0.2) is 6.10 Å². The summed E-state index contributed by atoms with van der Waals surface area (Å²) in [4.78, 5) is 15.8. The molecule has 3 aromatic rings. The van der Waals surface area contributed by atoms with Crippen molar-refractivity contribution in [3.8, 4) is 5.75 Å². The average molecular weight is 298 g/mol. The molecule has 2 heterocycles. The minimum atomic E-state index is -0.458. The Morgan fingerprint density at radius 1 is 1.24 bits per heavy atom. The fourth-order valence-electron chi connectivity index (χ4n) is 2.80. The minimum Gasteiger partial charge on any atom is -0.482 e. The molecule has 1 atom stereocenters. The number of hydrogen-bond donors (Lipinski definition) is 1. The number of halogens is 1. The Balaban J connectivity index is 1.70. The zero-order valence-electron chi connectivity index (χ0n) is 11.1. The third-order valence-corrected chi connectivity index (χ3v) is 4.08. The van der Waals surface area contributed by atoms with E-state index in [9.17, 15) is 4.79 Å². The molecule has 0 radical (unpaired) electrons. The molecular weight excluding hydrogens is 286 g/mol. The first-order valence-corrected chi connectivity index (χ1v) is 7.15. The van der Waals surface area contributed by atoms with Gasteiger partial charge >= 0.3 is 0 Å². The van der Waals surface area contributed by atoms with Crippen LogP contribution in [0.3, 0.4) is 0 Å². The standard InChI is InChI=1S/C17H12ClNO2/c18-11-5-6-14-12(8-11)13(9-19-14)17(20)16-7-10-3-1-2-4-15(10)21-16/h1-6,8-9,16,19H,7H2. The predicted octanol–water partition coefficient (Wildman–Crippen LogP) is 4.01. The molecule has 0 aliphatic carbocycles. The van der Waals surface area contributed by atoms with Crippen molar-refractivity contribution >= 4 is 28.3 Å². The zero-order valence-corrected chi connectivity index (χ0v) is 11.9. The SMILES string of the molecule is O=C(c1c[nH]c2ccc(Cl)cc12)C1Cc2ccccc2O1. The van der Waals surface area contributed by atoms with Crippen LogP contribution < -0.4 is 4.74 Å². The second-order valence-corrected chi connectivity index (χ2v) is 5.61. The minimum absolute atomic E-state index is 0.0142. The highest BCUT2D eigenvalue weighted by Gasteiger charge is 2.30. The number of benzene rings is 2. The molecule has 104 valence electrons. The van der Waals surface area contributed by atoms with Crippen molar-refractivity contribution in [2.24, 2.45) is 0 Å². The maximum atomic E-state index is 12.7. The van der Waals surface area contributed by atoms with E-state index in [4.69, 9.17) is 16.3 Å². The van der Waals surface area contributed by atoms with Crippen LogP contribution in [0.2, 0.25) is 5.02 Å². The van der Waals surface area contributed by atoms with Crippen molar-refractivity contribution < 1.29 is 9.53 Å². The number of ketones is 1. The molecule has 1 unspecified atom stereocenters. The lowest BCUT2D eigenvalue weighted by molar-refractivity contribution is 0.0826. The number of rotatable bonds is 2. The molecule has 21 heavy (non-hydrogen) atoms. The Hall–Kier alpha value is -2.26. The fourth-order valence-corrected chi connectivity index (χ4v) is 2.97. The fraction of sp³-hybridized carbons (Fsp3) is 0.118. The lowest BCUT2D eigenvalue weighted by atomic mass is 10.0. The van der Waals surface area contributed by atoms with Gasteiger partial charge in [0.25, 0.3) is 0 Å². The predicted molar refractivity (Wildman–Crippen MR) is 82.2 cm³/mol. The Labute approximate surface area is 126 Å². The number of hydrogen-bond acceptors (Lipinski definition) is 2. The van der Waals surface area contributed by atoms with Gasteiger partial charge in [0.05, 0.1) is 0 Å². The summed E-state index contributed by atoms with van der Waals surface area (Å²) in [6.45, 7) is 0. The van der Waals surface area contributed by atoms with Crippen LogP contribution >= 0.6 is 11.6 Å². The number of Topliss-reactive ketones (excluding diaryl/α,β-unsaturated/α-hetero) is 1. The molecule has 0 spiro atoms.